The fourth-order valence-electron chi connectivity index (χ4n) is 6.33. The maximum Gasteiger partial charge on any atom is 0.338 e. The van der Waals surface area contributed by atoms with Crippen molar-refractivity contribution in [2.75, 3.05) is 33.8 Å². The SMILES string of the molecule is [2H]C([2H])([2H])Oc1cc(C(=O)OC)cc2c1nc(CN1CCC(c3cccc4c3O[C@@](C)(c3ccc(Cl)cn3)O4)CC1)n2C[C@@H]1CCO1. The Morgan fingerprint density at radius 3 is 2.73 bits per heavy atom. The highest BCUT2D eigenvalue weighted by Gasteiger charge is 2.42. The van der Waals surface area contributed by atoms with E-state index >= 15 is 0 Å². The van der Waals surface area contributed by atoms with Crippen LogP contribution in [0.1, 0.15) is 63.7 Å². The number of fused-ring (bicyclic) bond motifs is 2. The molecule has 2 aromatic heterocycles. The van der Waals surface area contributed by atoms with Crippen molar-refractivity contribution in [3.05, 3.63) is 76.3 Å². The Morgan fingerprint density at radius 2 is 2.02 bits per heavy atom. The number of esters is 1. The lowest BCUT2D eigenvalue weighted by atomic mass is 9.88. The molecule has 5 heterocycles. The van der Waals surface area contributed by atoms with Crippen LogP contribution < -0.4 is 14.2 Å². The Labute approximate surface area is 265 Å². The van der Waals surface area contributed by atoms with Gasteiger partial charge in [-0.25, -0.2) is 9.78 Å². The number of hydrogen-bond donors (Lipinski definition) is 0. The van der Waals surface area contributed by atoms with E-state index in [9.17, 15) is 4.79 Å². The first-order valence-electron chi connectivity index (χ1n) is 16.3. The van der Waals surface area contributed by atoms with Gasteiger partial charge in [0.25, 0.3) is 5.79 Å². The molecule has 0 aliphatic carbocycles. The first-order valence-corrected chi connectivity index (χ1v) is 15.1. The quantitative estimate of drug-likeness (QED) is 0.230. The lowest BCUT2D eigenvalue weighted by Crippen LogP contribution is -2.35. The number of hydrogen-bond acceptors (Lipinski definition) is 9. The molecule has 2 aromatic carbocycles. The molecule has 2 atom stereocenters. The predicted molar refractivity (Wildman–Crippen MR) is 164 cm³/mol. The van der Waals surface area contributed by atoms with Crippen LogP contribution in [0.3, 0.4) is 0 Å². The fourth-order valence-corrected chi connectivity index (χ4v) is 6.44. The molecule has 0 unspecified atom stereocenters. The lowest BCUT2D eigenvalue weighted by molar-refractivity contribution is -0.0722. The number of nitrogens with zero attached hydrogens (tertiary/aromatic N) is 4. The minimum absolute atomic E-state index is 0.00167. The molecule has 44 heavy (non-hydrogen) atoms. The summed E-state index contributed by atoms with van der Waals surface area (Å²) >= 11 is 6.05. The average molecular weight is 622 g/mol. The number of benzene rings is 2. The van der Waals surface area contributed by atoms with E-state index in [-0.39, 0.29) is 23.3 Å². The normalized spacial score (nSPS) is 23.1. The van der Waals surface area contributed by atoms with E-state index < -0.39 is 18.8 Å². The van der Waals surface area contributed by atoms with Crippen molar-refractivity contribution in [3.63, 3.8) is 0 Å². The molecule has 3 aliphatic heterocycles. The molecule has 0 radical (unpaired) electrons. The topological polar surface area (TPSA) is 97.2 Å². The van der Waals surface area contributed by atoms with Crippen molar-refractivity contribution in [3.8, 4) is 17.2 Å². The van der Waals surface area contributed by atoms with Gasteiger partial charge in [0.1, 0.15) is 22.8 Å². The molecule has 3 aliphatic rings. The molecule has 0 N–H and O–H groups in total. The summed E-state index contributed by atoms with van der Waals surface area (Å²) in [6, 6.07) is 12.7. The largest absolute Gasteiger partial charge is 0.494 e. The van der Waals surface area contributed by atoms with E-state index in [1.807, 2.05) is 29.7 Å². The third-order valence-corrected chi connectivity index (χ3v) is 9.03. The minimum atomic E-state index is -2.72. The first-order chi connectivity index (χ1) is 22.5. The number of halogens is 1. The third-order valence-electron chi connectivity index (χ3n) is 8.80. The van der Waals surface area contributed by atoms with Gasteiger partial charge in [-0.3, -0.25) is 9.88 Å². The van der Waals surface area contributed by atoms with Gasteiger partial charge in [0, 0.05) is 25.3 Å². The van der Waals surface area contributed by atoms with E-state index in [0.29, 0.717) is 47.2 Å². The Bertz CT molecular complexity index is 1800. The molecule has 0 saturated carbocycles. The van der Waals surface area contributed by atoms with Crippen molar-refractivity contribution >= 4 is 28.6 Å². The molecule has 0 bridgehead atoms. The number of carbonyl (C=O) groups excluding carboxylic acids is 1. The summed E-state index contributed by atoms with van der Waals surface area (Å²) < 4.78 is 53.9. The molecule has 0 amide bonds. The van der Waals surface area contributed by atoms with Gasteiger partial charge >= 0.3 is 5.97 Å². The molecule has 7 rings (SSSR count). The average Bonchev–Trinajstić information content (AvgIpc) is 3.55. The van der Waals surface area contributed by atoms with Crippen LogP contribution in [0.15, 0.2) is 48.7 Å². The fraction of sp³-hybridized carbons (Fsp3) is 0.424. The number of likely N-dealkylation sites (tertiary alicyclic amines) is 1. The Morgan fingerprint density at radius 1 is 1.18 bits per heavy atom. The molecular formula is C33H35ClN4O6. The highest BCUT2D eigenvalue weighted by molar-refractivity contribution is 6.30. The van der Waals surface area contributed by atoms with E-state index in [4.69, 9.17) is 44.4 Å². The van der Waals surface area contributed by atoms with Crippen molar-refractivity contribution in [2.24, 2.45) is 0 Å². The number of para-hydroxylation sites is 1. The van der Waals surface area contributed by atoms with Gasteiger partial charge in [-0.15, -0.1) is 0 Å². The summed E-state index contributed by atoms with van der Waals surface area (Å²) in [5.74, 6) is 0.808. The lowest BCUT2D eigenvalue weighted by Gasteiger charge is -2.33. The molecule has 0 spiro atoms. The number of methoxy groups -OCH3 is 2. The highest BCUT2D eigenvalue weighted by atomic mass is 35.5. The summed E-state index contributed by atoms with van der Waals surface area (Å²) in [5.41, 5.74) is 2.92. The molecule has 4 aromatic rings. The molecule has 230 valence electrons. The van der Waals surface area contributed by atoms with Gasteiger partial charge < -0.3 is 28.3 Å². The van der Waals surface area contributed by atoms with Crippen LogP contribution in [-0.4, -0.2) is 65.4 Å². The molecule has 10 nitrogen and oxygen atoms in total. The van der Waals surface area contributed by atoms with Crippen LogP contribution in [0.5, 0.6) is 17.2 Å². The maximum absolute atomic E-state index is 12.5. The zero-order valence-corrected chi connectivity index (χ0v) is 25.3. The van der Waals surface area contributed by atoms with Gasteiger partial charge in [0.15, 0.2) is 11.5 Å². The summed E-state index contributed by atoms with van der Waals surface area (Å²) in [6.07, 6.45) is 4.27. The number of aromatic nitrogens is 3. The van der Waals surface area contributed by atoms with Crippen molar-refractivity contribution < 1.29 is 32.6 Å². The van der Waals surface area contributed by atoms with Crippen molar-refractivity contribution in [2.45, 2.75) is 57.1 Å². The smallest absolute Gasteiger partial charge is 0.338 e. The Hall–Kier alpha value is -3.86. The van der Waals surface area contributed by atoms with Gasteiger partial charge in [0.2, 0.25) is 0 Å². The monoisotopic (exact) mass is 621 g/mol. The maximum atomic E-state index is 12.5. The van der Waals surface area contributed by atoms with E-state index in [1.165, 1.54) is 13.2 Å². The van der Waals surface area contributed by atoms with E-state index in [0.717, 1.165) is 49.5 Å². The second kappa shape index (κ2) is 11.6. The summed E-state index contributed by atoms with van der Waals surface area (Å²) in [4.78, 5) is 24.2. The second-order valence-electron chi connectivity index (χ2n) is 11.6. The molecule has 11 heteroatoms. The van der Waals surface area contributed by atoms with Gasteiger partial charge in [-0.2, -0.15) is 0 Å². The molecule has 2 fully saturated rings. The van der Waals surface area contributed by atoms with Crippen LogP contribution in [0, 0.1) is 0 Å². The molecule has 2 saturated heterocycles. The third kappa shape index (κ3) is 5.25. The summed E-state index contributed by atoms with van der Waals surface area (Å²) in [6.45, 7) is 5.21. The number of pyridine rings is 1. The first kappa shape index (κ1) is 25.5. The number of carbonyl (C=O) groups is 1. The zero-order valence-electron chi connectivity index (χ0n) is 27.5. The number of piperidine rings is 1. The minimum Gasteiger partial charge on any atom is -0.494 e. The van der Waals surface area contributed by atoms with Gasteiger partial charge in [0.05, 0.1) is 53.6 Å². The summed E-state index contributed by atoms with van der Waals surface area (Å²) in [5, 5.41) is 0.544. The Balaban J connectivity index is 1.12. The second-order valence-corrected chi connectivity index (χ2v) is 12.0. The van der Waals surface area contributed by atoms with Crippen molar-refractivity contribution in [1.29, 1.82) is 0 Å². The number of rotatable bonds is 8. The van der Waals surface area contributed by atoms with Crippen molar-refractivity contribution in [1.82, 2.24) is 19.4 Å². The van der Waals surface area contributed by atoms with Crippen LogP contribution in [0.4, 0.5) is 0 Å². The Kier molecular flexibility index (Phi) is 6.70. The van der Waals surface area contributed by atoms with E-state index in [1.54, 1.807) is 18.3 Å². The van der Waals surface area contributed by atoms with Crippen LogP contribution >= 0.6 is 11.6 Å². The van der Waals surface area contributed by atoms with E-state index in [2.05, 4.69) is 16.0 Å². The van der Waals surface area contributed by atoms with Gasteiger partial charge in [-0.1, -0.05) is 23.7 Å². The van der Waals surface area contributed by atoms with Gasteiger partial charge in [-0.05, 0) is 68.6 Å². The zero-order chi connectivity index (χ0) is 32.9. The van der Waals surface area contributed by atoms with Crippen LogP contribution in [0.25, 0.3) is 11.0 Å². The van der Waals surface area contributed by atoms with Crippen LogP contribution in [0.2, 0.25) is 5.02 Å². The highest BCUT2D eigenvalue weighted by Crippen LogP contribution is 2.49. The standard InChI is InChI=1S/C33H35ClN4O6/c1-33(28-8-7-22(34)17-35-28)43-26-6-4-5-24(31(26)44-33)20-9-12-37(13-10-20)19-29-36-30-25(38(29)18-23-11-14-42-23)15-21(32(39)41-3)16-27(30)40-2/h4-8,15-17,20,23H,9-14,18-19H2,1-3H3/t23-,33-/m0/s1/i2D3. The number of imidazole rings is 1. The number of ether oxygens (including phenoxy) is 5. The van der Waals surface area contributed by atoms with Crippen LogP contribution in [-0.2, 0) is 28.4 Å². The summed E-state index contributed by atoms with van der Waals surface area (Å²) in [7, 11) is -1.44. The molecular weight excluding hydrogens is 584 g/mol. The predicted octanol–water partition coefficient (Wildman–Crippen LogP) is 5.69.